The van der Waals surface area contributed by atoms with Gasteiger partial charge in [0, 0.05) is 11.6 Å². The lowest BCUT2D eigenvalue weighted by molar-refractivity contribution is 0.649. The smallest absolute Gasteiger partial charge is 0.108 e. The lowest BCUT2D eigenvalue weighted by Gasteiger charge is -2.16. The Hall–Kier alpha value is -1.38. The molecule has 1 N–H and O–H groups in total. The van der Waals surface area contributed by atoms with Crippen LogP contribution in [0.2, 0.25) is 5.02 Å². The van der Waals surface area contributed by atoms with Gasteiger partial charge in [-0.25, -0.2) is 0 Å². The van der Waals surface area contributed by atoms with Gasteiger partial charge in [0.2, 0.25) is 0 Å². The maximum atomic E-state index is 6.24. The summed E-state index contributed by atoms with van der Waals surface area (Å²) in [5, 5.41) is 4.17. The third-order valence-corrected chi connectivity index (χ3v) is 4.42. The Morgan fingerprint density at radius 2 is 1.80 bits per heavy atom. The van der Waals surface area contributed by atoms with Crippen LogP contribution in [0.3, 0.4) is 0 Å². The van der Waals surface area contributed by atoms with E-state index in [0.717, 1.165) is 23.4 Å². The summed E-state index contributed by atoms with van der Waals surface area (Å²) in [5.74, 6) is 0. The monoisotopic (exact) mass is 301 g/mol. The molecular formula is C17H16ClNS. The Kier molecular flexibility index (Phi) is 3.77. The molecule has 0 heterocycles. The molecule has 20 heavy (non-hydrogen) atoms. The van der Waals surface area contributed by atoms with Crippen molar-refractivity contribution in [1.29, 1.82) is 0 Å². The Labute approximate surface area is 130 Å². The highest BCUT2D eigenvalue weighted by Crippen LogP contribution is 2.23. The molecule has 0 radical (unpaired) electrons. The normalized spacial score (nSPS) is 14.1. The Bertz CT molecular complexity index is 641. The molecule has 0 bridgehead atoms. The van der Waals surface area contributed by atoms with E-state index in [1.807, 2.05) is 25.1 Å². The van der Waals surface area contributed by atoms with Gasteiger partial charge in [-0.05, 0) is 43.0 Å². The standard InChI is InChI=1S/C17H16ClNS/c1-11-6-7-16(18)15(8-11)17(20)19-14-9-12-4-2-3-5-13(12)10-14/h2-8,14H,9-10H2,1H3,(H,19,20). The highest BCUT2D eigenvalue weighted by molar-refractivity contribution is 7.80. The molecule has 0 amide bonds. The summed E-state index contributed by atoms with van der Waals surface area (Å²) in [4.78, 5) is 0.747. The summed E-state index contributed by atoms with van der Waals surface area (Å²) in [6.07, 6.45) is 2.06. The number of nitrogens with one attached hydrogen (secondary N) is 1. The van der Waals surface area contributed by atoms with Crippen LogP contribution in [0, 0.1) is 6.92 Å². The predicted octanol–water partition coefficient (Wildman–Crippen LogP) is 4.08. The molecular weight excluding hydrogens is 286 g/mol. The molecule has 1 aliphatic rings. The Morgan fingerprint density at radius 1 is 1.15 bits per heavy atom. The molecule has 3 rings (SSSR count). The van der Waals surface area contributed by atoms with Gasteiger partial charge in [0.15, 0.2) is 0 Å². The second kappa shape index (κ2) is 5.55. The molecule has 3 heteroatoms. The van der Waals surface area contributed by atoms with E-state index in [1.54, 1.807) is 0 Å². The molecule has 2 aromatic rings. The summed E-state index contributed by atoms with van der Waals surface area (Å²) in [5.41, 5.74) is 4.94. The fourth-order valence-electron chi connectivity index (χ4n) is 2.74. The number of benzene rings is 2. The van der Waals surface area contributed by atoms with Crippen LogP contribution in [0.15, 0.2) is 42.5 Å². The van der Waals surface area contributed by atoms with Crippen LogP contribution in [-0.4, -0.2) is 11.0 Å². The third kappa shape index (κ3) is 2.72. The summed E-state index contributed by atoms with van der Waals surface area (Å²) in [6, 6.07) is 14.9. The summed E-state index contributed by atoms with van der Waals surface area (Å²) in [7, 11) is 0. The van der Waals surface area contributed by atoms with Crippen LogP contribution >= 0.6 is 23.8 Å². The fourth-order valence-corrected chi connectivity index (χ4v) is 3.34. The molecule has 0 saturated heterocycles. The Balaban J connectivity index is 1.74. The van der Waals surface area contributed by atoms with Crippen molar-refractivity contribution in [2.45, 2.75) is 25.8 Å². The van der Waals surface area contributed by atoms with E-state index < -0.39 is 0 Å². The van der Waals surface area contributed by atoms with Crippen molar-refractivity contribution >= 4 is 28.8 Å². The van der Waals surface area contributed by atoms with E-state index in [1.165, 1.54) is 16.7 Å². The summed E-state index contributed by atoms with van der Waals surface area (Å²) >= 11 is 11.8. The van der Waals surface area contributed by atoms with Crippen molar-refractivity contribution in [2.75, 3.05) is 0 Å². The molecule has 1 aliphatic carbocycles. The number of thiocarbonyl (C=S) groups is 1. The summed E-state index contributed by atoms with van der Waals surface area (Å²) < 4.78 is 0. The maximum absolute atomic E-state index is 6.24. The molecule has 0 aliphatic heterocycles. The molecule has 102 valence electrons. The SMILES string of the molecule is Cc1ccc(Cl)c(C(=S)NC2Cc3ccccc3C2)c1. The minimum absolute atomic E-state index is 0.372. The molecule has 0 atom stereocenters. The zero-order chi connectivity index (χ0) is 14.1. The van der Waals surface area contributed by atoms with Gasteiger partial charge in [0.1, 0.15) is 4.99 Å². The van der Waals surface area contributed by atoms with Crippen LogP contribution in [0.25, 0.3) is 0 Å². The molecule has 2 aromatic carbocycles. The van der Waals surface area contributed by atoms with E-state index >= 15 is 0 Å². The molecule has 0 fully saturated rings. The minimum Gasteiger partial charge on any atom is -0.372 e. The van der Waals surface area contributed by atoms with Crippen molar-refractivity contribution < 1.29 is 0 Å². The number of hydrogen-bond donors (Lipinski definition) is 1. The van der Waals surface area contributed by atoms with Crippen molar-refractivity contribution in [3.63, 3.8) is 0 Å². The van der Waals surface area contributed by atoms with Crippen molar-refractivity contribution in [2.24, 2.45) is 0 Å². The first-order valence-electron chi connectivity index (χ1n) is 6.77. The second-order valence-electron chi connectivity index (χ2n) is 5.33. The van der Waals surface area contributed by atoms with Gasteiger partial charge in [0.05, 0.1) is 5.02 Å². The molecule has 0 unspecified atom stereocenters. The highest BCUT2D eigenvalue weighted by Gasteiger charge is 2.22. The van der Waals surface area contributed by atoms with E-state index in [4.69, 9.17) is 23.8 Å². The maximum Gasteiger partial charge on any atom is 0.108 e. The van der Waals surface area contributed by atoms with Gasteiger partial charge in [-0.1, -0.05) is 59.7 Å². The largest absolute Gasteiger partial charge is 0.372 e. The lowest BCUT2D eigenvalue weighted by Crippen LogP contribution is -2.34. The highest BCUT2D eigenvalue weighted by atomic mass is 35.5. The summed E-state index contributed by atoms with van der Waals surface area (Å²) in [6.45, 7) is 2.05. The average Bonchev–Trinajstić information content (AvgIpc) is 2.83. The molecule has 1 nitrogen and oxygen atoms in total. The van der Waals surface area contributed by atoms with Gasteiger partial charge in [0.25, 0.3) is 0 Å². The number of rotatable bonds is 2. The first-order chi connectivity index (χ1) is 9.63. The Morgan fingerprint density at radius 3 is 2.45 bits per heavy atom. The first-order valence-corrected chi connectivity index (χ1v) is 7.56. The van der Waals surface area contributed by atoms with E-state index in [-0.39, 0.29) is 0 Å². The van der Waals surface area contributed by atoms with Gasteiger partial charge in [-0.2, -0.15) is 0 Å². The van der Waals surface area contributed by atoms with Crippen LogP contribution in [0.4, 0.5) is 0 Å². The number of aryl methyl sites for hydroxylation is 1. The molecule has 0 saturated carbocycles. The second-order valence-corrected chi connectivity index (χ2v) is 6.15. The van der Waals surface area contributed by atoms with Crippen LogP contribution in [0.1, 0.15) is 22.3 Å². The fraction of sp³-hybridized carbons (Fsp3) is 0.235. The predicted molar refractivity (Wildman–Crippen MR) is 88.7 cm³/mol. The molecule has 0 spiro atoms. The van der Waals surface area contributed by atoms with Gasteiger partial charge in [-0.3, -0.25) is 0 Å². The van der Waals surface area contributed by atoms with Crippen LogP contribution in [-0.2, 0) is 12.8 Å². The van der Waals surface area contributed by atoms with E-state index in [9.17, 15) is 0 Å². The topological polar surface area (TPSA) is 12.0 Å². The van der Waals surface area contributed by atoms with Crippen molar-refractivity contribution in [1.82, 2.24) is 5.32 Å². The minimum atomic E-state index is 0.372. The van der Waals surface area contributed by atoms with E-state index in [0.29, 0.717) is 11.1 Å². The zero-order valence-electron chi connectivity index (χ0n) is 11.3. The number of halogens is 1. The lowest BCUT2D eigenvalue weighted by atomic mass is 10.1. The van der Waals surface area contributed by atoms with Crippen molar-refractivity contribution in [3.05, 3.63) is 69.7 Å². The van der Waals surface area contributed by atoms with Gasteiger partial charge >= 0.3 is 0 Å². The van der Waals surface area contributed by atoms with Gasteiger partial charge in [-0.15, -0.1) is 0 Å². The zero-order valence-corrected chi connectivity index (χ0v) is 12.9. The third-order valence-electron chi connectivity index (χ3n) is 3.75. The van der Waals surface area contributed by atoms with E-state index in [2.05, 4.69) is 29.6 Å². The first kappa shape index (κ1) is 13.6. The average molecular weight is 302 g/mol. The molecule has 0 aromatic heterocycles. The van der Waals surface area contributed by atoms with Gasteiger partial charge < -0.3 is 5.32 Å². The quantitative estimate of drug-likeness (QED) is 0.839. The van der Waals surface area contributed by atoms with Crippen LogP contribution in [0.5, 0.6) is 0 Å². The number of fused-ring (bicyclic) bond motifs is 1. The van der Waals surface area contributed by atoms with Crippen molar-refractivity contribution in [3.8, 4) is 0 Å². The number of hydrogen-bond acceptors (Lipinski definition) is 1. The van der Waals surface area contributed by atoms with Crippen LogP contribution < -0.4 is 5.32 Å².